The number of anilines is 1. The van der Waals surface area contributed by atoms with E-state index in [1.807, 2.05) is 48.7 Å². The van der Waals surface area contributed by atoms with Gasteiger partial charge in [-0.25, -0.2) is 4.98 Å². The molecule has 21 heavy (non-hydrogen) atoms. The summed E-state index contributed by atoms with van der Waals surface area (Å²) in [6.45, 7) is 0. The summed E-state index contributed by atoms with van der Waals surface area (Å²) in [6.07, 6.45) is 3.49. The van der Waals surface area contributed by atoms with Gasteiger partial charge in [0.25, 0.3) is 5.91 Å². The second-order valence-corrected chi connectivity index (χ2v) is 4.87. The van der Waals surface area contributed by atoms with Gasteiger partial charge in [0, 0.05) is 28.4 Å². The van der Waals surface area contributed by atoms with Gasteiger partial charge in [0.2, 0.25) is 0 Å². The van der Waals surface area contributed by atoms with Crippen molar-refractivity contribution in [3.05, 3.63) is 60.6 Å². The third-order valence-electron chi connectivity index (χ3n) is 3.49. The molecule has 5 heteroatoms. The molecule has 1 amide bonds. The first-order chi connectivity index (χ1) is 10.3. The Balaban J connectivity index is 1.64. The van der Waals surface area contributed by atoms with Gasteiger partial charge in [0.1, 0.15) is 0 Å². The monoisotopic (exact) mass is 276 g/mol. The summed E-state index contributed by atoms with van der Waals surface area (Å²) in [5, 5.41) is 3.92. The number of nitrogens with one attached hydrogen (secondary N) is 3. The van der Waals surface area contributed by atoms with Crippen molar-refractivity contribution < 1.29 is 4.79 Å². The number of nitrogens with zero attached hydrogens (tertiary/aromatic N) is 1. The summed E-state index contributed by atoms with van der Waals surface area (Å²) in [7, 11) is 0. The average molecular weight is 276 g/mol. The van der Waals surface area contributed by atoms with Crippen LogP contribution in [0.3, 0.4) is 0 Å². The van der Waals surface area contributed by atoms with Gasteiger partial charge in [-0.1, -0.05) is 0 Å². The number of fused-ring (bicyclic) bond motifs is 2. The van der Waals surface area contributed by atoms with Crippen molar-refractivity contribution in [2.24, 2.45) is 0 Å². The standard InChI is InChI=1S/C16H12N4O/c21-16(11-1-3-13-10(7-11)5-6-17-13)20-12-2-4-14-15(8-12)19-9-18-14/h1-9,17H,(H,18,19)(H,20,21). The molecule has 0 bridgehead atoms. The van der Waals surface area contributed by atoms with Gasteiger partial charge < -0.3 is 15.3 Å². The van der Waals surface area contributed by atoms with Crippen molar-refractivity contribution in [1.29, 1.82) is 0 Å². The molecule has 2 aromatic carbocycles. The lowest BCUT2D eigenvalue weighted by Gasteiger charge is -2.05. The van der Waals surface area contributed by atoms with Crippen LogP contribution in [0, 0.1) is 0 Å². The molecule has 2 heterocycles. The Labute approximate surface area is 120 Å². The van der Waals surface area contributed by atoms with E-state index in [0.29, 0.717) is 5.56 Å². The van der Waals surface area contributed by atoms with Gasteiger partial charge >= 0.3 is 0 Å². The third kappa shape index (κ3) is 2.04. The lowest BCUT2D eigenvalue weighted by molar-refractivity contribution is 0.102. The molecule has 0 aliphatic heterocycles. The van der Waals surface area contributed by atoms with Crippen LogP contribution in [-0.4, -0.2) is 20.9 Å². The van der Waals surface area contributed by atoms with Crippen molar-refractivity contribution in [1.82, 2.24) is 15.0 Å². The maximum Gasteiger partial charge on any atom is 0.255 e. The molecule has 102 valence electrons. The number of aromatic amines is 2. The predicted octanol–water partition coefficient (Wildman–Crippen LogP) is 3.30. The van der Waals surface area contributed by atoms with E-state index in [2.05, 4.69) is 20.3 Å². The molecule has 0 atom stereocenters. The molecule has 0 aliphatic rings. The molecule has 0 fully saturated rings. The number of aromatic nitrogens is 3. The van der Waals surface area contributed by atoms with Crippen LogP contribution in [0.2, 0.25) is 0 Å². The highest BCUT2D eigenvalue weighted by Gasteiger charge is 2.08. The molecule has 5 nitrogen and oxygen atoms in total. The highest BCUT2D eigenvalue weighted by molar-refractivity contribution is 6.06. The topological polar surface area (TPSA) is 73.6 Å². The Kier molecular flexibility index (Phi) is 2.50. The van der Waals surface area contributed by atoms with Crippen molar-refractivity contribution in [2.45, 2.75) is 0 Å². The van der Waals surface area contributed by atoms with Crippen molar-refractivity contribution in [3.8, 4) is 0 Å². The van der Waals surface area contributed by atoms with E-state index in [-0.39, 0.29) is 5.91 Å². The van der Waals surface area contributed by atoms with Crippen LogP contribution < -0.4 is 5.32 Å². The number of amides is 1. The Morgan fingerprint density at radius 2 is 1.95 bits per heavy atom. The second kappa shape index (κ2) is 4.49. The number of hydrogen-bond acceptors (Lipinski definition) is 2. The van der Waals surface area contributed by atoms with Gasteiger partial charge in [0.15, 0.2) is 0 Å². The molecule has 0 radical (unpaired) electrons. The SMILES string of the molecule is O=C(Nc1ccc2nc[nH]c2c1)c1ccc2[nH]ccc2c1. The van der Waals surface area contributed by atoms with Crippen molar-refractivity contribution >= 4 is 33.5 Å². The maximum atomic E-state index is 12.3. The molecular formula is C16H12N4O. The second-order valence-electron chi connectivity index (χ2n) is 4.87. The normalized spacial score (nSPS) is 11.0. The van der Waals surface area contributed by atoms with Gasteiger partial charge in [-0.15, -0.1) is 0 Å². The van der Waals surface area contributed by atoms with Crippen LogP contribution in [0.25, 0.3) is 21.9 Å². The molecule has 0 spiro atoms. The van der Waals surface area contributed by atoms with Crippen LogP contribution in [0.15, 0.2) is 55.0 Å². The Hall–Kier alpha value is -3.08. The van der Waals surface area contributed by atoms with Gasteiger partial charge in [-0.2, -0.15) is 0 Å². The number of rotatable bonds is 2. The largest absolute Gasteiger partial charge is 0.361 e. The summed E-state index contributed by atoms with van der Waals surface area (Å²) in [5.74, 6) is -0.128. The fourth-order valence-electron chi connectivity index (χ4n) is 2.41. The van der Waals surface area contributed by atoms with E-state index in [1.54, 1.807) is 6.33 Å². The Morgan fingerprint density at radius 1 is 1.00 bits per heavy atom. The molecule has 0 saturated carbocycles. The first-order valence-electron chi connectivity index (χ1n) is 6.61. The lowest BCUT2D eigenvalue weighted by Crippen LogP contribution is -2.11. The minimum atomic E-state index is -0.128. The summed E-state index contributed by atoms with van der Waals surface area (Å²) in [5.41, 5.74) is 4.17. The van der Waals surface area contributed by atoms with E-state index in [1.165, 1.54) is 0 Å². The zero-order chi connectivity index (χ0) is 14.2. The molecule has 4 rings (SSSR count). The Bertz CT molecular complexity index is 951. The fourth-order valence-corrected chi connectivity index (χ4v) is 2.41. The number of carbonyl (C=O) groups is 1. The molecule has 0 aliphatic carbocycles. The van der Waals surface area contributed by atoms with E-state index in [0.717, 1.165) is 27.6 Å². The maximum absolute atomic E-state index is 12.3. The number of hydrogen-bond donors (Lipinski definition) is 3. The predicted molar refractivity (Wildman–Crippen MR) is 82.3 cm³/mol. The average Bonchev–Trinajstić information content (AvgIpc) is 3.14. The van der Waals surface area contributed by atoms with Crippen molar-refractivity contribution in [3.63, 3.8) is 0 Å². The van der Waals surface area contributed by atoms with Crippen LogP contribution in [0.4, 0.5) is 5.69 Å². The van der Waals surface area contributed by atoms with E-state index in [4.69, 9.17) is 0 Å². The van der Waals surface area contributed by atoms with Crippen LogP contribution in [-0.2, 0) is 0 Å². The minimum absolute atomic E-state index is 0.128. The first-order valence-corrected chi connectivity index (χ1v) is 6.61. The third-order valence-corrected chi connectivity index (χ3v) is 3.49. The van der Waals surface area contributed by atoms with Crippen LogP contribution in [0.1, 0.15) is 10.4 Å². The van der Waals surface area contributed by atoms with Crippen molar-refractivity contribution in [2.75, 3.05) is 5.32 Å². The zero-order valence-electron chi connectivity index (χ0n) is 11.1. The summed E-state index contributed by atoms with van der Waals surface area (Å²) in [6, 6.07) is 13.1. The smallest absolute Gasteiger partial charge is 0.255 e. The number of benzene rings is 2. The van der Waals surface area contributed by atoms with Gasteiger partial charge in [0.05, 0.1) is 17.4 Å². The van der Waals surface area contributed by atoms with Crippen LogP contribution >= 0.6 is 0 Å². The van der Waals surface area contributed by atoms with E-state index < -0.39 is 0 Å². The van der Waals surface area contributed by atoms with Gasteiger partial charge in [-0.3, -0.25) is 4.79 Å². The summed E-state index contributed by atoms with van der Waals surface area (Å²) in [4.78, 5) is 22.6. The number of carbonyl (C=O) groups excluding carboxylic acids is 1. The molecule has 0 unspecified atom stereocenters. The summed E-state index contributed by atoms with van der Waals surface area (Å²) >= 11 is 0. The lowest BCUT2D eigenvalue weighted by atomic mass is 10.1. The van der Waals surface area contributed by atoms with Gasteiger partial charge in [-0.05, 0) is 42.5 Å². The Morgan fingerprint density at radius 3 is 2.90 bits per heavy atom. The summed E-state index contributed by atoms with van der Waals surface area (Å²) < 4.78 is 0. The zero-order valence-corrected chi connectivity index (χ0v) is 11.1. The number of imidazole rings is 1. The molecular weight excluding hydrogens is 264 g/mol. The fraction of sp³-hybridized carbons (Fsp3) is 0. The highest BCUT2D eigenvalue weighted by Crippen LogP contribution is 2.18. The van der Waals surface area contributed by atoms with Crippen LogP contribution in [0.5, 0.6) is 0 Å². The number of H-pyrrole nitrogens is 2. The molecule has 2 aromatic heterocycles. The quantitative estimate of drug-likeness (QED) is 0.525. The molecule has 4 aromatic rings. The van der Waals surface area contributed by atoms with E-state index in [9.17, 15) is 4.79 Å². The highest BCUT2D eigenvalue weighted by atomic mass is 16.1. The molecule has 3 N–H and O–H groups in total. The van der Waals surface area contributed by atoms with E-state index >= 15 is 0 Å². The molecule has 0 saturated heterocycles. The minimum Gasteiger partial charge on any atom is -0.361 e. The first kappa shape index (κ1) is 11.7.